The van der Waals surface area contributed by atoms with Crippen LogP contribution >= 0.6 is 15.9 Å². The molecule has 1 heterocycles. The Morgan fingerprint density at radius 2 is 2.05 bits per heavy atom. The number of aliphatic carboxylic acids is 1. The summed E-state index contributed by atoms with van der Waals surface area (Å²) >= 11 is 3.03. The zero-order valence-electron chi connectivity index (χ0n) is 10.2. The lowest BCUT2D eigenvalue weighted by molar-refractivity contribution is -0.139. The Kier molecular flexibility index (Phi) is 3.97. The third-order valence-corrected chi connectivity index (χ3v) is 3.51. The van der Waals surface area contributed by atoms with Crippen LogP contribution < -0.4 is 10.6 Å². The molecule has 0 spiro atoms. The fourth-order valence-corrected chi connectivity index (χ4v) is 2.60. The van der Waals surface area contributed by atoms with Gasteiger partial charge in [-0.25, -0.2) is 0 Å². The average molecular weight is 353 g/mol. The zero-order chi connectivity index (χ0) is 15.0. The Balaban J connectivity index is 2.25. The summed E-state index contributed by atoms with van der Waals surface area (Å²) in [5, 5.41) is 14.7. The lowest BCUT2D eigenvalue weighted by Crippen LogP contribution is -2.65. The zero-order valence-corrected chi connectivity index (χ0v) is 11.8. The van der Waals surface area contributed by atoms with Gasteiger partial charge < -0.3 is 15.7 Å². The number of alkyl halides is 3. The van der Waals surface area contributed by atoms with Crippen molar-refractivity contribution in [2.75, 3.05) is 18.4 Å². The van der Waals surface area contributed by atoms with Gasteiger partial charge in [0.1, 0.15) is 0 Å². The Hall–Kier alpha value is -1.28. The van der Waals surface area contributed by atoms with Crippen molar-refractivity contribution in [2.45, 2.75) is 18.1 Å². The summed E-state index contributed by atoms with van der Waals surface area (Å²) in [4.78, 5) is 10.8. The van der Waals surface area contributed by atoms with Crippen LogP contribution in [0.1, 0.15) is 12.0 Å². The summed E-state index contributed by atoms with van der Waals surface area (Å²) in [5.74, 6) is -0.995. The maximum Gasteiger partial charge on any atom is 0.416 e. The van der Waals surface area contributed by atoms with Crippen molar-refractivity contribution < 1.29 is 23.1 Å². The van der Waals surface area contributed by atoms with Crippen LogP contribution in [0.2, 0.25) is 0 Å². The molecule has 2 rings (SSSR count). The van der Waals surface area contributed by atoms with E-state index in [1.165, 1.54) is 6.07 Å². The molecule has 0 saturated carbocycles. The molecule has 0 radical (unpaired) electrons. The minimum Gasteiger partial charge on any atom is -0.481 e. The van der Waals surface area contributed by atoms with Crippen LogP contribution in [0.25, 0.3) is 0 Å². The third-order valence-electron chi connectivity index (χ3n) is 3.05. The number of carboxylic acid groups (broad SMARTS) is 1. The molecule has 8 heteroatoms. The molecule has 4 nitrogen and oxygen atoms in total. The lowest BCUT2D eigenvalue weighted by Gasteiger charge is -2.43. The monoisotopic (exact) mass is 352 g/mol. The number of anilines is 1. The number of hydrogen-bond acceptors (Lipinski definition) is 3. The maximum absolute atomic E-state index is 12.7. The lowest BCUT2D eigenvalue weighted by atomic mass is 9.88. The maximum atomic E-state index is 12.7. The second-order valence-electron chi connectivity index (χ2n) is 4.81. The Labute approximate surface area is 121 Å². The van der Waals surface area contributed by atoms with E-state index < -0.39 is 23.2 Å². The molecule has 1 aromatic rings. The van der Waals surface area contributed by atoms with Gasteiger partial charge in [0.15, 0.2) is 0 Å². The molecular weight excluding hydrogens is 341 g/mol. The highest BCUT2D eigenvalue weighted by atomic mass is 79.9. The highest BCUT2D eigenvalue weighted by Crippen LogP contribution is 2.34. The number of nitrogens with one attached hydrogen (secondary N) is 2. The fourth-order valence-electron chi connectivity index (χ4n) is 2.11. The molecule has 20 heavy (non-hydrogen) atoms. The first-order chi connectivity index (χ1) is 9.20. The molecule has 1 fully saturated rings. The highest BCUT2D eigenvalue weighted by molar-refractivity contribution is 9.10. The minimum absolute atomic E-state index is 0.159. The number of rotatable bonds is 4. The molecule has 0 aromatic heterocycles. The predicted molar refractivity (Wildman–Crippen MR) is 70.6 cm³/mol. The standard InChI is InChI=1S/C12H12BrF3N2O2/c13-8-1-7(12(14,15)16)2-9(3-8)18-11(4-10(19)20)5-17-6-11/h1-3,17-18H,4-6H2,(H,19,20). The van der Waals surface area contributed by atoms with E-state index in [1.54, 1.807) is 0 Å². The van der Waals surface area contributed by atoms with Gasteiger partial charge in [0.25, 0.3) is 0 Å². The van der Waals surface area contributed by atoms with E-state index in [0.717, 1.165) is 12.1 Å². The number of halogens is 4. The van der Waals surface area contributed by atoms with Crippen molar-refractivity contribution >= 4 is 27.6 Å². The van der Waals surface area contributed by atoms with Crippen LogP contribution in [0.15, 0.2) is 22.7 Å². The quantitative estimate of drug-likeness (QED) is 0.779. The predicted octanol–water partition coefficient (Wildman–Crippen LogP) is 2.70. The molecule has 0 aliphatic carbocycles. The van der Waals surface area contributed by atoms with Gasteiger partial charge in [-0.3, -0.25) is 4.79 Å². The minimum atomic E-state index is -4.45. The van der Waals surface area contributed by atoms with Crippen LogP contribution in [0, 0.1) is 0 Å². The van der Waals surface area contributed by atoms with E-state index in [2.05, 4.69) is 26.6 Å². The van der Waals surface area contributed by atoms with Crippen molar-refractivity contribution in [1.29, 1.82) is 0 Å². The van der Waals surface area contributed by atoms with Crippen molar-refractivity contribution in [3.8, 4) is 0 Å². The Morgan fingerprint density at radius 3 is 2.50 bits per heavy atom. The molecular formula is C12H12BrF3N2O2. The highest BCUT2D eigenvalue weighted by Gasteiger charge is 2.39. The summed E-state index contributed by atoms with van der Waals surface area (Å²) in [6, 6.07) is 3.46. The van der Waals surface area contributed by atoms with Crippen LogP contribution in [-0.4, -0.2) is 29.7 Å². The summed E-state index contributed by atoms with van der Waals surface area (Å²) in [6.07, 6.45) is -4.61. The van der Waals surface area contributed by atoms with Crippen molar-refractivity contribution in [3.63, 3.8) is 0 Å². The van der Waals surface area contributed by atoms with Gasteiger partial charge in [0.2, 0.25) is 0 Å². The smallest absolute Gasteiger partial charge is 0.416 e. The average Bonchev–Trinajstić information content (AvgIpc) is 2.23. The molecule has 1 aliphatic heterocycles. The van der Waals surface area contributed by atoms with Gasteiger partial charge in [-0.1, -0.05) is 15.9 Å². The van der Waals surface area contributed by atoms with Crippen LogP contribution in [0.5, 0.6) is 0 Å². The van der Waals surface area contributed by atoms with Gasteiger partial charge in [-0.15, -0.1) is 0 Å². The number of carbonyl (C=O) groups is 1. The van der Waals surface area contributed by atoms with E-state index in [1.807, 2.05) is 0 Å². The first-order valence-electron chi connectivity index (χ1n) is 5.79. The van der Waals surface area contributed by atoms with Crippen molar-refractivity contribution in [1.82, 2.24) is 5.32 Å². The first-order valence-corrected chi connectivity index (χ1v) is 6.58. The topological polar surface area (TPSA) is 61.4 Å². The van der Waals surface area contributed by atoms with Crippen molar-refractivity contribution in [3.05, 3.63) is 28.2 Å². The van der Waals surface area contributed by atoms with E-state index in [-0.39, 0.29) is 16.6 Å². The van der Waals surface area contributed by atoms with Crippen LogP contribution in [0.3, 0.4) is 0 Å². The molecule has 1 aromatic carbocycles. The summed E-state index contributed by atoms with van der Waals surface area (Å²) in [5.41, 5.74) is -1.28. The fraction of sp³-hybridized carbons (Fsp3) is 0.417. The Morgan fingerprint density at radius 1 is 1.40 bits per heavy atom. The van der Waals surface area contributed by atoms with E-state index in [0.29, 0.717) is 13.1 Å². The van der Waals surface area contributed by atoms with Crippen LogP contribution in [-0.2, 0) is 11.0 Å². The van der Waals surface area contributed by atoms with E-state index in [9.17, 15) is 18.0 Å². The molecule has 0 unspecified atom stereocenters. The van der Waals surface area contributed by atoms with Gasteiger partial charge in [-0.05, 0) is 18.2 Å². The number of hydrogen-bond donors (Lipinski definition) is 3. The summed E-state index contributed by atoms with van der Waals surface area (Å²) < 4.78 is 38.5. The number of benzene rings is 1. The van der Waals surface area contributed by atoms with Crippen LogP contribution in [0.4, 0.5) is 18.9 Å². The Bertz CT molecular complexity index is 530. The second-order valence-corrected chi connectivity index (χ2v) is 5.72. The molecule has 0 amide bonds. The third kappa shape index (κ3) is 3.43. The van der Waals surface area contributed by atoms with Crippen molar-refractivity contribution in [2.24, 2.45) is 0 Å². The second kappa shape index (κ2) is 5.25. The first kappa shape index (κ1) is 15.1. The number of carboxylic acids is 1. The van der Waals surface area contributed by atoms with Gasteiger partial charge in [-0.2, -0.15) is 13.2 Å². The molecule has 3 N–H and O–H groups in total. The molecule has 1 aliphatic rings. The van der Waals surface area contributed by atoms with Gasteiger partial charge >= 0.3 is 12.1 Å². The SMILES string of the molecule is O=C(O)CC1(Nc2cc(Br)cc(C(F)(F)F)c2)CNC1. The molecule has 1 saturated heterocycles. The molecule has 0 atom stereocenters. The molecule has 0 bridgehead atoms. The summed E-state index contributed by atoms with van der Waals surface area (Å²) in [6.45, 7) is 0.792. The van der Waals surface area contributed by atoms with E-state index in [4.69, 9.17) is 5.11 Å². The van der Waals surface area contributed by atoms with Gasteiger partial charge in [0.05, 0.1) is 17.5 Å². The molecule has 110 valence electrons. The van der Waals surface area contributed by atoms with Gasteiger partial charge in [0, 0.05) is 23.2 Å². The normalized spacial score (nSPS) is 17.4. The summed E-state index contributed by atoms with van der Waals surface area (Å²) in [7, 11) is 0. The van der Waals surface area contributed by atoms with E-state index >= 15 is 0 Å². The largest absolute Gasteiger partial charge is 0.481 e.